The number of alkyl halides is 6. The number of ketones is 1. The molecule has 2 N–H and O–H groups in total. The SMILES string of the molecule is Nc1c(C(=O)c2ccccc2)c(-c2ccc(Br)cc2)cc(-c2ccccc2)c1-c1cc(C(F)(F)F)cc(C(F)(F)F)c1. The minimum atomic E-state index is -5.07. The highest BCUT2D eigenvalue weighted by Crippen LogP contribution is 2.47. The number of benzene rings is 5. The lowest BCUT2D eigenvalue weighted by Gasteiger charge is -2.22. The molecule has 5 aromatic rings. The van der Waals surface area contributed by atoms with Crippen molar-refractivity contribution >= 4 is 27.4 Å². The Bertz CT molecular complexity index is 1730. The molecule has 0 spiro atoms. The van der Waals surface area contributed by atoms with Crippen LogP contribution in [0.4, 0.5) is 32.0 Å². The molecular formula is C33H20BrF6NO. The number of hydrogen-bond donors (Lipinski definition) is 1. The second kappa shape index (κ2) is 11.1. The first-order valence-electron chi connectivity index (χ1n) is 12.5. The van der Waals surface area contributed by atoms with Gasteiger partial charge in [0, 0.05) is 15.6 Å². The van der Waals surface area contributed by atoms with E-state index in [0.717, 1.165) is 4.47 Å². The zero-order valence-corrected chi connectivity index (χ0v) is 23.1. The van der Waals surface area contributed by atoms with Crippen molar-refractivity contribution in [3.63, 3.8) is 0 Å². The quantitative estimate of drug-likeness (QED) is 0.118. The van der Waals surface area contributed by atoms with Crippen molar-refractivity contribution in [1.82, 2.24) is 0 Å². The number of nitrogens with two attached hydrogens (primary N) is 1. The molecule has 42 heavy (non-hydrogen) atoms. The zero-order chi connectivity index (χ0) is 30.2. The van der Waals surface area contributed by atoms with Gasteiger partial charge in [-0.15, -0.1) is 0 Å². The molecule has 9 heteroatoms. The predicted octanol–water partition coefficient (Wildman–Crippen LogP) is 10.3. The maximum absolute atomic E-state index is 14.0. The van der Waals surface area contributed by atoms with Gasteiger partial charge in [-0.1, -0.05) is 88.7 Å². The summed E-state index contributed by atoms with van der Waals surface area (Å²) in [5.74, 6) is -0.532. The normalized spacial score (nSPS) is 11.9. The number of anilines is 1. The maximum Gasteiger partial charge on any atom is 0.416 e. The van der Waals surface area contributed by atoms with Crippen molar-refractivity contribution in [3.8, 4) is 33.4 Å². The lowest BCUT2D eigenvalue weighted by molar-refractivity contribution is -0.143. The highest BCUT2D eigenvalue weighted by atomic mass is 79.9. The molecule has 0 aliphatic heterocycles. The summed E-state index contributed by atoms with van der Waals surface area (Å²) in [4.78, 5) is 14.0. The van der Waals surface area contributed by atoms with E-state index in [-0.39, 0.29) is 34.0 Å². The Balaban J connectivity index is 1.93. The topological polar surface area (TPSA) is 43.1 Å². The number of rotatable bonds is 5. The van der Waals surface area contributed by atoms with Gasteiger partial charge in [-0.05, 0) is 64.2 Å². The van der Waals surface area contributed by atoms with Crippen LogP contribution < -0.4 is 5.73 Å². The molecule has 0 aliphatic rings. The molecule has 0 amide bonds. The average Bonchev–Trinajstić information content (AvgIpc) is 2.96. The number of halogens is 7. The molecule has 2 nitrogen and oxygen atoms in total. The Morgan fingerprint density at radius 1 is 0.595 bits per heavy atom. The summed E-state index contributed by atoms with van der Waals surface area (Å²) in [7, 11) is 0. The molecule has 212 valence electrons. The monoisotopic (exact) mass is 639 g/mol. The van der Waals surface area contributed by atoms with E-state index in [0.29, 0.717) is 28.8 Å². The number of hydrogen-bond acceptors (Lipinski definition) is 2. The van der Waals surface area contributed by atoms with E-state index in [9.17, 15) is 31.1 Å². The van der Waals surface area contributed by atoms with Gasteiger partial charge in [-0.3, -0.25) is 4.79 Å². The van der Waals surface area contributed by atoms with Crippen LogP contribution in [0.25, 0.3) is 33.4 Å². The summed E-state index contributed by atoms with van der Waals surface area (Å²) in [6.07, 6.45) is -10.1. The molecule has 0 bridgehead atoms. The molecule has 0 saturated heterocycles. The van der Waals surface area contributed by atoms with Crippen LogP contribution in [0.1, 0.15) is 27.0 Å². The van der Waals surface area contributed by atoms with Gasteiger partial charge in [-0.2, -0.15) is 26.3 Å². The highest BCUT2D eigenvalue weighted by Gasteiger charge is 2.38. The molecule has 5 rings (SSSR count). The van der Waals surface area contributed by atoms with Crippen molar-refractivity contribution in [2.75, 3.05) is 5.73 Å². The fourth-order valence-corrected chi connectivity index (χ4v) is 5.06. The summed E-state index contributed by atoms with van der Waals surface area (Å²) in [5.41, 5.74) is 4.86. The summed E-state index contributed by atoms with van der Waals surface area (Å²) in [6.45, 7) is 0. The Morgan fingerprint density at radius 2 is 1.10 bits per heavy atom. The van der Waals surface area contributed by atoms with E-state index < -0.39 is 34.8 Å². The van der Waals surface area contributed by atoms with Crippen LogP contribution in [0.3, 0.4) is 0 Å². The highest BCUT2D eigenvalue weighted by molar-refractivity contribution is 9.10. The fraction of sp³-hybridized carbons (Fsp3) is 0.0606. The van der Waals surface area contributed by atoms with Gasteiger partial charge in [0.2, 0.25) is 0 Å². The van der Waals surface area contributed by atoms with Gasteiger partial charge in [-0.25, -0.2) is 0 Å². The van der Waals surface area contributed by atoms with Crippen LogP contribution in [0, 0.1) is 0 Å². The van der Waals surface area contributed by atoms with Gasteiger partial charge >= 0.3 is 12.4 Å². The molecule has 5 aromatic carbocycles. The van der Waals surface area contributed by atoms with Crippen LogP contribution in [0.2, 0.25) is 0 Å². The minimum absolute atomic E-state index is 0.0378. The Kier molecular flexibility index (Phi) is 7.72. The van der Waals surface area contributed by atoms with Gasteiger partial charge < -0.3 is 5.73 Å². The van der Waals surface area contributed by atoms with E-state index in [2.05, 4.69) is 15.9 Å². The fourth-order valence-electron chi connectivity index (χ4n) is 4.80. The van der Waals surface area contributed by atoms with E-state index in [1.807, 2.05) is 0 Å². The van der Waals surface area contributed by atoms with Crippen molar-refractivity contribution in [2.45, 2.75) is 12.4 Å². The maximum atomic E-state index is 14.0. The first-order valence-corrected chi connectivity index (χ1v) is 13.3. The molecular weight excluding hydrogens is 620 g/mol. The van der Waals surface area contributed by atoms with Crippen molar-refractivity contribution < 1.29 is 31.1 Å². The molecule has 0 radical (unpaired) electrons. The lowest BCUT2D eigenvalue weighted by Crippen LogP contribution is -2.13. The van der Waals surface area contributed by atoms with Gasteiger partial charge in [0.15, 0.2) is 5.78 Å². The second-order valence-electron chi connectivity index (χ2n) is 9.50. The van der Waals surface area contributed by atoms with Crippen LogP contribution >= 0.6 is 15.9 Å². The van der Waals surface area contributed by atoms with Crippen LogP contribution in [0.15, 0.2) is 114 Å². The Morgan fingerprint density at radius 3 is 1.62 bits per heavy atom. The largest absolute Gasteiger partial charge is 0.416 e. The first-order chi connectivity index (χ1) is 19.8. The molecule has 0 aliphatic carbocycles. The first kappa shape index (κ1) is 29.1. The van der Waals surface area contributed by atoms with Crippen molar-refractivity contribution in [1.29, 1.82) is 0 Å². The molecule has 0 saturated carbocycles. The standard InChI is InChI=1S/C33H20BrF6NO/c34-25-13-11-20(12-14-25)27-18-26(19-7-3-1-4-8-19)28(30(41)29(27)31(42)21-9-5-2-6-10-21)22-15-23(32(35,36)37)17-24(16-22)33(38,39)40/h1-18H,41H2. The lowest BCUT2D eigenvalue weighted by atomic mass is 9.83. The zero-order valence-electron chi connectivity index (χ0n) is 21.5. The van der Waals surface area contributed by atoms with Crippen LogP contribution in [-0.4, -0.2) is 5.78 Å². The summed E-state index contributed by atoms with van der Waals surface area (Å²) >= 11 is 3.38. The molecule has 0 aromatic heterocycles. The van der Waals surface area contributed by atoms with Gasteiger partial charge in [0.1, 0.15) is 0 Å². The smallest absolute Gasteiger partial charge is 0.398 e. The molecule has 0 fully saturated rings. The van der Waals surface area contributed by atoms with E-state index in [4.69, 9.17) is 5.73 Å². The summed E-state index contributed by atoms with van der Waals surface area (Å²) in [5, 5.41) is 0. The summed E-state index contributed by atoms with van der Waals surface area (Å²) < 4.78 is 84.0. The molecule has 0 unspecified atom stereocenters. The third kappa shape index (κ3) is 5.83. The van der Waals surface area contributed by atoms with Crippen LogP contribution in [-0.2, 0) is 12.4 Å². The van der Waals surface area contributed by atoms with Crippen molar-refractivity contribution in [2.24, 2.45) is 0 Å². The van der Waals surface area contributed by atoms with Crippen LogP contribution in [0.5, 0.6) is 0 Å². The molecule has 0 heterocycles. The average molecular weight is 640 g/mol. The second-order valence-corrected chi connectivity index (χ2v) is 10.4. The third-order valence-electron chi connectivity index (χ3n) is 6.75. The number of carbonyl (C=O) groups is 1. The van der Waals surface area contributed by atoms with Gasteiger partial charge in [0.25, 0.3) is 0 Å². The van der Waals surface area contributed by atoms with E-state index >= 15 is 0 Å². The minimum Gasteiger partial charge on any atom is -0.398 e. The number of nitrogen functional groups attached to an aromatic ring is 1. The predicted molar refractivity (Wildman–Crippen MR) is 155 cm³/mol. The summed E-state index contributed by atoms with van der Waals surface area (Å²) in [6, 6.07) is 26.4. The van der Waals surface area contributed by atoms with Crippen molar-refractivity contribution in [3.05, 3.63) is 136 Å². The Hall–Kier alpha value is -4.37. The van der Waals surface area contributed by atoms with E-state index in [1.54, 1.807) is 91.0 Å². The van der Waals surface area contributed by atoms with E-state index in [1.165, 1.54) is 0 Å². The van der Waals surface area contributed by atoms with Gasteiger partial charge in [0.05, 0.1) is 22.4 Å². The molecule has 0 atom stereocenters. The third-order valence-corrected chi connectivity index (χ3v) is 7.27. The Labute approximate surface area is 245 Å². The number of carbonyl (C=O) groups excluding carboxylic acids is 1.